The van der Waals surface area contributed by atoms with Gasteiger partial charge in [0.05, 0.1) is 11.6 Å². The number of likely N-dealkylation sites (tertiary alicyclic amines) is 1. The lowest BCUT2D eigenvalue weighted by atomic mass is 9.97. The Hall–Kier alpha value is -0.600. The van der Waals surface area contributed by atoms with E-state index in [1.54, 1.807) is 4.90 Å². The summed E-state index contributed by atoms with van der Waals surface area (Å²) in [5.74, 6) is -1.13. The number of benzene rings is 1. The third-order valence-corrected chi connectivity index (χ3v) is 5.08. The van der Waals surface area contributed by atoms with Crippen LogP contribution in [0.1, 0.15) is 12.8 Å². The van der Waals surface area contributed by atoms with Gasteiger partial charge in [-0.3, -0.25) is 4.79 Å². The Labute approximate surface area is 147 Å². The largest absolute Gasteiger partial charge is 0.481 e. The molecule has 2 amide bonds. The van der Waals surface area contributed by atoms with Gasteiger partial charge in [0.25, 0.3) is 0 Å². The van der Waals surface area contributed by atoms with Crippen molar-refractivity contribution in [1.29, 1.82) is 0 Å². The van der Waals surface area contributed by atoms with E-state index in [-0.39, 0.29) is 11.9 Å². The molecule has 0 aliphatic carbocycles. The second kappa shape index (κ2) is 7.11. The van der Waals surface area contributed by atoms with E-state index >= 15 is 0 Å². The average molecular weight is 485 g/mol. The maximum Gasteiger partial charge on any atom is 0.321 e. The van der Waals surface area contributed by atoms with Gasteiger partial charge < -0.3 is 15.3 Å². The summed E-state index contributed by atoms with van der Waals surface area (Å²) in [7, 11) is 0. The lowest BCUT2D eigenvalue weighted by Gasteiger charge is -2.30. The molecule has 0 spiro atoms. The average Bonchev–Trinajstić information content (AvgIpc) is 2.42. The number of carboxylic acids is 1. The molecule has 1 saturated heterocycles. The third kappa shape index (κ3) is 4.20. The molecule has 1 heterocycles. The number of urea groups is 1. The van der Waals surface area contributed by atoms with Gasteiger partial charge in [-0.05, 0) is 56.8 Å². The molecule has 21 heavy (non-hydrogen) atoms. The Bertz CT molecular complexity index is 549. The van der Waals surface area contributed by atoms with Crippen LogP contribution in [0, 0.1) is 5.92 Å². The Balaban J connectivity index is 2.01. The van der Waals surface area contributed by atoms with Crippen molar-refractivity contribution in [1.82, 2.24) is 4.90 Å². The van der Waals surface area contributed by atoms with E-state index < -0.39 is 5.97 Å². The van der Waals surface area contributed by atoms with E-state index in [1.165, 1.54) is 0 Å². The fourth-order valence-corrected chi connectivity index (χ4v) is 4.63. The topological polar surface area (TPSA) is 69.6 Å². The van der Waals surface area contributed by atoms with Crippen LogP contribution in [-0.4, -0.2) is 35.1 Å². The fraction of sp³-hybridized carbons (Fsp3) is 0.385. The molecule has 0 radical (unpaired) electrons. The Kier molecular flexibility index (Phi) is 5.67. The molecular weight excluding hydrogens is 472 g/mol. The number of carbonyl (C=O) groups is 2. The van der Waals surface area contributed by atoms with Crippen LogP contribution >= 0.6 is 47.8 Å². The number of carbonyl (C=O) groups excluding carboxylic acids is 1. The van der Waals surface area contributed by atoms with E-state index in [9.17, 15) is 9.59 Å². The smallest absolute Gasteiger partial charge is 0.321 e. The third-order valence-electron chi connectivity index (χ3n) is 3.37. The second-order valence-corrected chi connectivity index (χ2v) is 7.40. The molecule has 1 aliphatic rings. The Morgan fingerprint density at radius 2 is 1.67 bits per heavy atom. The van der Waals surface area contributed by atoms with Crippen LogP contribution in [0.4, 0.5) is 10.5 Å². The highest BCUT2D eigenvalue weighted by Crippen LogP contribution is 2.34. The summed E-state index contributed by atoms with van der Waals surface area (Å²) in [5.41, 5.74) is 0.656. The number of aliphatic carboxylic acids is 1. The highest BCUT2D eigenvalue weighted by atomic mass is 79.9. The summed E-state index contributed by atoms with van der Waals surface area (Å²) in [5, 5.41) is 11.8. The standard InChI is InChI=1S/C13H13Br3N2O3/c14-8-5-9(15)11(10(16)6-8)17-13(21)18-3-1-7(2-4-18)12(19)20/h5-7H,1-4H2,(H,17,21)(H,19,20). The van der Waals surface area contributed by atoms with E-state index in [4.69, 9.17) is 5.11 Å². The number of rotatable bonds is 2. The summed E-state index contributed by atoms with van der Waals surface area (Å²) < 4.78 is 2.41. The number of halogens is 3. The molecule has 8 heteroatoms. The van der Waals surface area contributed by atoms with Crippen molar-refractivity contribution in [2.75, 3.05) is 18.4 Å². The number of nitrogens with one attached hydrogen (secondary N) is 1. The fourth-order valence-electron chi connectivity index (χ4n) is 2.18. The zero-order valence-corrected chi connectivity index (χ0v) is 15.7. The normalized spacial score (nSPS) is 15.9. The molecule has 114 valence electrons. The zero-order chi connectivity index (χ0) is 15.6. The highest BCUT2D eigenvalue weighted by Gasteiger charge is 2.27. The van der Waals surface area contributed by atoms with Crippen LogP contribution in [0.5, 0.6) is 0 Å². The van der Waals surface area contributed by atoms with Gasteiger partial charge in [0.15, 0.2) is 0 Å². The van der Waals surface area contributed by atoms with Crippen molar-refractivity contribution in [2.24, 2.45) is 5.92 Å². The molecule has 5 nitrogen and oxygen atoms in total. The molecule has 0 atom stereocenters. The molecule has 2 rings (SSSR count). The maximum absolute atomic E-state index is 12.2. The van der Waals surface area contributed by atoms with E-state index in [2.05, 4.69) is 53.1 Å². The second-order valence-electron chi connectivity index (χ2n) is 4.77. The first kappa shape index (κ1) is 16.8. The first-order valence-corrected chi connectivity index (χ1v) is 8.69. The number of hydrogen-bond acceptors (Lipinski definition) is 2. The molecule has 0 unspecified atom stereocenters. The Morgan fingerprint density at radius 1 is 1.14 bits per heavy atom. The van der Waals surface area contributed by atoms with Gasteiger partial charge in [-0.25, -0.2) is 4.79 Å². The quantitative estimate of drug-likeness (QED) is 0.657. The van der Waals surface area contributed by atoms with Crippen LogP contribution in [0.25, 0.3) is 0 Å². The maximum atomic E-state index is 12.2. The highest BCUT2D eigenvalue weighted by molar-refractivity contribution is 9.11. The minimum Gasteiger partial charge on any atom is -0.481 e. The number of piperidine rings is 1. The lowest BCUT2D eigenvalue weighted by molar-refractivity contribution is -0.143. The van der Waals surface area contributed by atoms with Crippen molar-refractivity contribution in [2.45, 2.75) is 12.8 Å². The van der Waals surface area contributed by atoms with Crippen molar-refractivity contribution in [3.63, 3.8) is 0 Å². The summed E-state index contributed by atoms with van der Waals surface area (Å²) in [6.45, 7) is 0.906. The molecule has 0 saturated carbocycles. The number of anilines is 1. The number of carboxylic acid groups (broad SMARTS) is 1. The van der Waals surface area contributed by atoms with Gasteiger partial charge in [-0.1, -0.05) is 15.9 Å². The summed E-state index contributed by atoms with van der Waals surface area (Å²) >= 11 is 10.2. The first-order valence-electron chi connectivity index (χ1n) is 6.31. The van der Waals surface area contributed by atoms with E-state index in [1.807, 2.05) is 12.1 Å². The molecule has 1 fully saturated rings. The van der Waals surface area contributed by atoms with Crippen LogP contribution in [-0.2, 0) is 4.79 Å². The summed E-state index contributed by atoms with van der Waals surface area (Å²) in [4.78, 5) is 24.8. The Morgan fingerprint density at radius 3 is 2.14 bits per heavy atom. The van der Waals surface area contributed by atoms with Crippen LogP contribution < -0.4 is 5.32 Å². The first-order chi connectivity index (χ1) is 9.88. The predicted molar refractivity (Wildman–Crippen MR) is 90.5 cm³/mol. The van der Waals surface area contributed by atoms with Gasteiger partial charge in [-0.15, -0.1) is 0 Å². The lowest BCUT2D eigenvalue weighted by Crippen LogP contribution is -2.42. The van der Waals surface area contributed by atoms with Crippen molar-refractivity contribution in [3.8, 4) is 0 Å². The van der Waals surface area contributed by atoms with Gasteiger partial charge in [0.2, 0.25) is 0 Å². The van der Waals surface area contributed by atoms with Crippen LogP contribution in [0.3, 0.4) is 0 Å². The summed E-state index contributed by atoms with van der Waals surface area (Å²) in [6, 6.07) is 3.47. The number of hydrogen-bond donors (Lipinski definition) is 2. The molecule has 1 aromatic carbocycles. The minimum atomic E-state index is -0.784. The molecule has 1 aromatic rings. The van der Waals surface area contributed by atoms with Gasteiger partial charge >= 0.3 is 12.0 Å². The van der Waals surface area contributed by atoms with Crippen molar-refractivity contribution >= 4 is 65.5 Å². The number of nitrogens with zero attached hydrogens (tertiary/aromatic N) is 1. The molecule has 1 aliphatic heterocycles. The summed E-state index contributed by atoms with van der Waals surface area (Å²) in [6.07, 6.45) is 0.983. The minimum absolute atomic E-state index is 0.220. The molecule has 0 aromatic heterocycles. The molecule has 0 bridgehead atoms. The van der Waals surface area contributed by atoms with Crippen molar-refractivity contribution in [3.05, 3.63) is 25.6 Å². The van der Waals surface area contributed by atoms with E-state index in [0.717, 1.165) is 13.4 Å². The van der Waals surface area contributed by atoms with Crippen molar-refractivity contribution < 1.29 is 14.7 Å². The zero-order valence-electron chi connectivity index (χ0n) is 10.9. The SMILES string of the molecule is O=C(O)C1CCN(C(=O)Nc2c(Br)cc(Br)cc2Br)CC1. The number of amides is 2. The van der Waals surface area contributed by atoms with Crippen LogP contribution in [0.15, 0.2) is 25.6 Å². The van der Waals surface area contributed by atoms with Gasteiger partial charge in [0.1, 0.15) is 0 Å². The molecular formula is C13H13Br3N2O3. The molecule has 2 N–H and O–H groups in total. The van der Waals surface area contributed by atoms with E-state index in [0.29, 0.717) is 31.6 Å². The van der Waals surface area contributed by atoms with Gasteiger partial charge in [0, 0.05) is 26.5 Å². The van der Waals surface area contributed by atoms with Crippen LogP contribution in [0.2, 0.25) is 0 Å². The monoisotopic (exact) mass is 482 g/mol. The predicted octanol–water partition coefficient (Wildman–Crippen LogP) is 4.30. The van der Waals surface area contributed by atoms with Gasteiger partial charge in [-0.2, -0.15) is 0 Å².